The van der Waals surface area contributed by atoms with Gasteiger partial charge in [0.1, 0.15) is 5.82 Å². The highest BCUT2D eigenvalue weighted by Crippen LogP contribution is 2.21. The predicted octanol–water partition coefficient (Wildman–Crippen LogP) is 1.25. The van der Waals surface area contributed by atoms with Crippen molar-refractivity contribution in [3.63, 3.8) is 0 Å². The number of pyridine rings is 1. The smallest absolute Gasteiger partial charge is 0.146 e. The van der Waals surface area contributed by atoms with Crippen molar-refractivity contribution in [3.05, 3.63) is 18.3 Å². The molecule has 1 aromatic rings. The van der Waals surface area contributed by atoms with Crippen molar-refractivity contribution in [2.24, 2.45) is 0 Å². The molecule has 0 bridgehead atoms. The van der Waals surface area contributed by atoms with Gasteiger partial charge in [-0.1, -0.05) is 0 Å². The minimum absolute atomic E-state index is 0.245. The molecular weight excluding hydrogens is 178 g/mol. The Labute approximate surface area is 83.5 Å². The Morgan fingerprint density at radius 1 is 1.64 bits per heavy atom. The number of hydrogen-bond acceptors (Lipinski definition) is 4. The van der Waals surface area contributed by atoms with Crippen LogP contribution in [0.4, 0.5) is 11.5 Å². The number of nitrogens with one attached hydrogen (secondary N) is 1. The number of rotatable bonds is 2. The van der Waals surface area contributed by atoms with E-state index in [9.17, 15) is 0 Å². The minimum atomic E-state index is 0.245. The SMILES string of the molecule is CC1OCCC1Nc1cccnc1N. The van der Waals surface area contributed by atoms with Gasteiger partial charge >= 0.3 is 0 Å². The molecule has 2 heterocycles. The molecule has 2 rings (SSSR count). The molecule has 1 fully saturated rings. The van der Waals surface area contributed by atoms with Crippen molar-refractivity contribution in [2.45, 2.75) is 25.5 Å². The molecule has 0 radical (unpaired) electrons. The number of aromatic nitrogens is 1. The molecule has 1 aliphatic heterocycles. The third-order valence-corrected chi connectivity index (χ3v) is 2.56. The van der Waals surface area contributed by atoms with Gasteiger partial charge in [0.05, 0.1) is 17.8 Å². The van der Waals surface area contributed by atoms with Crippen LogP contribution >= 0.6 is 0 Å². The Morgan fingerprint density at radius 2 is 2.50 bits per heavy atom. The molecule has 0 spiro atoms. The zero-order chi connectivity index (χ0) is 9.97. The van der Waals surface area contributed by atoms with E-state index in [2.05, 4.69) is 17.2 Å². The van der Waals surface area contributed by atoms with Gasteiger partial charge in [-0.25, -0.2) is 4.98 Å². The van der Waals surface area contributed by atoms with Gasteiger partial charge in [-0.3, -0.25) is 0 Å². The highest BCUT2D eigenvalue weighted by atomic mass is 16.5. The van der Waals surface area contributed by atoms with Gasteiger partial charge in [-0.2, -0.15) is 0 Å². The van der Waals surface area contributed by atoms with Crippen molar-refractivity contribution < 1.29 is 4.74 Å². The van der Waals surface area contributed by atoms with E-state index in [0.717, 1.165) is 18.7 Å². The first-order valence-corrected chi connectivity index (χ1v) is 4.86. The Bertz CT molecular complexity index is 316. The second-order valence-electron chi connectivity index (χ2n) is 3.55. The summed E-state index contributed by atoms with van der Waals surface area (Å²) in [5, 5.41) is 3.35. The zero-order valence-electron chi connectivity index (χ0n) is 8.23. The zero-order valence-corrected chi connectivity index (χ0v) is 8.23. The Balaban J connectivity index is 2.07. The standard InChI is InChI=1S/C10H15N3O/c1-7-8(4-6-14-7)13-9-3-2-5-12-10(9)11/h2-3,5,7-8,13H,4,6H2,1H3,(H2,11,12). The molecule has 0 amide bonds. The van der Waals surface area contributed by atoms with Crippen molar-refractivity contribution in [2.75, 3.05) is 17.7 Å². The third kappa shape index (κ3) is 1.80. The molecule has 1 aromatic heterocycles. The average Bonchev–Trinajstić information content (AvgIpc) is 2.56. The van der Waals surface area contributed by atoms with Gasteiger partial charge in [-0.05, 0) is 25.5 Å². The van der Waals surface area contributed by atoms with E-state index >= 15 is 0 Å². The summed E-state index contributed by atoms with van der Waals surface area (Å²) in [4.78, 5) is 4.02. The van der Waals surface area contributed by atoms with Crippen LogP contribution in [0.15, 0.2) is 18.3 Å². The topological polar surface area (TPSA) is 60.2 Å². The van der Waals surface area contributed by atoms with E-state index in [-0.39, 0.29) is 6.10 Å². The molecule has 4 heteroatoms. The molecule has 76 valence electrons. The van der Waals surface area contributed by atoms with Gasteiger partial charge in [0, 0.05) is 12.8 Å². The number of hydrogen-bond donors (Lipinski definition) is 2. The fourth-order valence-corrected chi connectivity index (χ4v) is 1.66. The molecular formula is C10H15N3O. The molecule has 0 aromatic carbocycles. The van der Waals surface area contributed by atoms with Crippen LogP contribution in [-0.2, 0) is 4.74 Å². The molecule has 4 nitrogen and oxygen atoms in total. The molecule has 0 aliphatic carbocycles. The fourth-order valence-electron chi connectivity index (χ4n) is 1.66. The highest BCUT2D eigenvalue weighted by Gasteiger charge is 2.24. The first kappa shape index (κ1) is 9.27. The maximum absolute atomic E-state index is 5.73. The molecule has 0 saturated carbocycles. The largest absolute Gasteiger partial charge is 0.382 e. The normalized spacial score (nSPS) is 26.4. The maximum Gasteiger partial charge on any atom is 0.146 e. The van der Waals surface area contributed by atoms with Crippen molar-refractivity contribution in [3.8, 4) is 0 Å². The number of nitrogens with zero attached hydrogens (tertiary/aromatic N) is 1. The summed E-state index contributed by atoms with van der Waals surface area (Å²) in [6.45, 7) is 2.89. The summed E-state index contributed by atoms with van der Waals surface area (Å²) in [5.41, 5.74) is 6.63. The number of ether oxygens (including phenoxy) is 1. The summed E-state index contributed by atoms with van der Waals surface area (Å²) in [7, 11) is 0. The van der Waals surface area contributed by atoms with Gasteiger partial charge < -0.3 is 15.8 Å². The van der Waals surface area contributed by atoms with Gasteiger partial charge in [0.15, 0.2) is 0 Å². The Hall–Kier alpha value is -1.29. The van der Waals surface area contributed by atoms with E-state index in [1.807, 2.05) is 12.1 Å². The molecule has 1 aliphatic rings. The summed E-state index contributed by atoms with van der Waals surface area (Å²) in [6, 6.07) is 4.16. The van der Waals surface area contributed by atoms with Crippen molar-refractivity contribution in [1.82, 2.24) is 4.98 Å². The number of nitrogens with two attached hydrogens (primary N) is 1. The molecule has 14 heavy (non-hydrogen) atoms. The Kier molecular flexibility index (Phi) is 2.54. The van der Waals surface area contributed by atoms with Crippen LogP contribution in [0.2, 0.25) is 0 Å². The second kappa shape index (κ2) is 3.84. The summed E-state index contributed by atoms with van der Waals surface area (Å²) in [5.74, 6) is 0.548. The lowest BCUT2D eigenvalue weighted by atomic mass is 10.1. The van der Waals surface area contributed by atoms with Crippen LogP contribution in [0, 0.1) is 0 Å². The van der Waals surface area contributed by atoms with Crippen LogP contribution in [0.3, 0.4) is 0 Å². The van der Waals surface area contributed by atoms with Crippen LogP contribution in [0.25, 0.3) is 0 Å². The van der Waals surface area contributed by atoms with Crippen molar-refractivity contribution >= 4 is 11.5 Å². The van der Waals surface area contributed by atoms with Gasteiger partial charge in [-0.15, -0.1) is 0 Å². The lowest BCUT2D eigenvalue weighted by Crippen LogP contribution is -2.27. The van der Waals surface area contributed by atoms with Gasteiger partial charge in [0.25, 0.3) is 0 Å². The lowest BCUT2D eigenvalue weighted by molar-refractivity contribution is 0.121. The number of anilines is 2. The van der Waals surface area contributed by atoms with E-state index in [0.29, 0.717) is 11.9 Å². The number of nitrogen functional groups attached to an aromatic ring is 1. The van der Waals surface area contributed by atoms with Crippen molar-refractivity contribution in [1.29, 1.82) is 0 Å². The van der Waals surface area contributed by atoms with Crippen LogP contribution in [0.1, 0.15) is 13.3 Å². The fraction of sp³-hybridized carbons (Fsp3) is 0.500. The third-order valence-electron chi connectivity index (χ3n) is 2.56. The highest BCUT2D eigenvalue weighted by molar-refractivity contribution is 5.61. The minimum Gasteiger partial charge on any atom is -0.382 e. The molecule has 3 N–H and O–H groups in total. The Morgan fingerprint density at radius 3 is 3.14 bits per heavy atom. The molecule has 1 saturated heterocycles. The summed E-state index contributed by atoms with van der Waals surface area (Å²) >= 11 is 0. The molecule has 2 unspecified atom stereocenters. The van der Waals surface area contributed by atoms with Crippen LogP contribution < -0.4 is 11.1 Å². The quantitative estimate of drug-likeness (QED) is 0.742. The maximum atomic E-state index is 5.73. The van der Waals surface area contributed by atoms with E-state index in [4.69, 9.17) is 10.5 Å². The van der Waals surface area contributed by atoms with Crippen LogP contribution in [0.5, 0.6) is 0 Å². The van der Waals surface area contributed by atoms with Gasteiger partial charge in [0.2, 0.25) is 0 Å². The summed E-state index contributed by atoms with van der Waals surface area (Å²) < 4.78 is 5.45. The van der Waals surface area contributed by atoms with E-state index < -0.39 is 0 Å². The van der Waals surface area contributed by atoms with Crippen LogP contribution in [-0.4, -0.2) is 23.7 Å². The van der Waals surface area contributed by atoms with E-state index in [1.165, 1.54) is 0 Å². The average molecular weight is 193 g/mol. The van der Waals surface area contributed by atoms with E-state index in [1.54, 1.807) is 6.20 Å². The summed E-state index contributed by atoms with van der Waals surface area (Å²) in [6.07, 6.45) is 2.96. The molecule has 2 atom stereocenters. The first-order valence-electron chi connectivity index (χ1n) is 4.86. The first-order chi connectivity index (χ1) is 6.77. The lowest BCUT2D eigenvalue weighted by Gasteiger charge is -2.17. The predicted molar refractivity (Wildman–Crippen MR) is 56.1 cm³/mol. The monoisotopic (exact) mass is 193 g/mol. The second-order valence-corrected chi connectivity index (χ2v) is 3.55.